The molecule has 1 unspecified atom stereocenters. The van der Waals surface area contributed by atoms with Gasteiger partial charge in [0.15, 0.2) is 0 Å². The number of hydrogen-bond acceptors (Lipinski definition) is 2. The summed E-state index contributed by atoms with van der Waals surface area (Å²) in [7, 11) is 0. The van der Waals surface area contributed by atoms with Gasteiger partial charge in [0.25, 0.3) is 0 Å². The zero-order valence-corrected chi connectivity index (χ0v) is 12.6. The number of benzene rings is 2. The van der Waals surface area contributed by atoms with E-state index in [0.29, 0.717) is 21.3 Å². The maximum atomic E-state index is 13.8. The van der Waals surface area contributed by atoms with E-state index in [-0.39, 0.29) is 11.8 Å². The monoisotopic (exact) mass is 313 g/mol. The van der Waals surface area contributed by atoms with Crippen LogP contribution in [-0.4, -0.2) is 5.11 Å². The molecule has 0 radical (unpaired) electrons. The molecule has 2 rings (SSSR count). The number of phenolic OH excluding ortho intramolecular Hbond substituents is 1. The molecule has 0 aromatic heterocycles. The summed E-state index contributed by atoms with van der Waals surface area (Å²) in [5.41, 5.74) is 1.96. The third-order valence-electron chi connectivity index (χ3n) is 3.07. The van der Waals surface area contributed by atoms with Gasteiger partial charge in [-0.1, -0.05) is 29.3 Å². The molecule has 106 valence electrons. The summed E-state index contributed by atoms with van der Waals surface area (Å²) in [6, 6.07) is 7.22. The largest absolute Gasteiger partial charge is 0.508 e. The minimum Gasteiger partial charge on any atom is -0.508 e. The van der Waals surface area contributed by atoms with Crippen LogP contribution in [-0.2, 0) is 0 Å². The van der Waals surface area contributed by atoms with E-state index in [1.165, 1.54) is 12.1 Å². The number of phenols is 1. The molecule has 0 saturated carbocycles. The van der Waals surface area contributed by atoms with Crippen molar-refractivity contribution < 1.29 is 9.50 Å². The average molecular weight is 314 g/mol. The first-order valence-electron chi connectivity index (χ1n) is 6.09. The minimum atomic E-state index is -0.473. The summed E-state index contributed by atoms with van der Waals surface area (Å²) in [6.45, 7) is 3.67. The summed E-state index contributed by atoms with van der Waals surface area (Å²) in [4.78, 5) is 0. The van der Waals surface area contributed by atoms with Gasteiger partial charge >= 0.3 is 0 Å². The van der Waals surface area contributed by atoms with Crippen LogP contribution in [0, 0.1) is 12.7 Å². The lowest BCUT2D eigenvalue weighted by Gasteiger charge is -2.18. The van der Waals surface area contributed by atoms with E-state index in [1.54, 1.807) is 19.1 Å². The zero-order valence-electron chi connectivity index (χ0n) is 11.0. The average Bonchev–Trinajstić information content (AvgIpc) is 2.35. The first-order chi connectivity index (χ1) is 9.38. The lowest BCUT2D eigenvalue weighted by Crippen LogP contribution is -2.09. The molecule has 2 N–H and O–H groups in total. The molecule has 0 aliphatic carbocycles. The van der Waals surface area contributed by atoms with Crippen LogP contribution >= 0.6 is 23.2 Å². The Kier molecular flexibility index (Phi) is 4.41. The Labute approximate surface area is 127 Å². The van der Waals surface area contributed by atoms with Gasteiger partial charge in [-0.15, -0.1) is 0 Å². The van der Waals surface area contributed by atoms with Gasteiger partial charge in [0.05, 0.1) is 16.8 Å². The maximum Gasteiger partial charge on any atom is 0.132 e. The van der Waals surface area contributed by atoms with Crippen LogP contribution in [0.25, 0.3) is 0 Å². The van der Waals surface area contributed by atoms with Gasteiger partial charge in [0.2, 0.25) is 0 Å². The fraction of sp³-hybridized carbons (Fsp3) is 0.200. The van der Waals surface area contributed by atoms with Crippen molar-refractivity contribution in [3.8, 4) is 5.75 Å². The van der Waals surface area contributed by atoms with E-state index in [0.717, 1.165) is 11.6 Å². The molecule has 20 heavy (non-hydrogen) atoms. The van der Waals surface area contributed by atoms with Gasteiger partial charge in [0, 0.05) is 16.7 Å². The number of nitrogens with one attached hydrogen (secondary N) is 1. The number of rotatable bonds is 3. The second-order valence-electron chi connectivity index (χ2n) is 4.65. The predicted octanol–water partition coefficient (Wildman–Crippen LogP) is 5.32. The number of aromatic hydroxyl groups is 1. The molecule has 0 aliphatic rings. The first kappa shape index (κ1) is 14.9. The molecule has 0 heterocycles. The molecule has 0 aliphatic heterocycles. The Balaban J connectivity index is 2.27. The quantitative estimate of drug-likeness (QED) is 0.803. The van der Waals surface area contributed by atoms with Crippen LogP contribution < -0.4 is 5.32 Å². The Bertz CT molecular complexity index is 646. The lowest BCUT2D eigenvalue weighted by molar-refractivity contribution is 0.467. The van der Waals surface area contributed by atoms with Crippen molar-refractivity contribution in [1.29, 1.82) is 0 Å². The highest BCUT2D eigenvalue weighted by molar-refractivity contribution is 6.35. The van der Waals surface area contributed by atoms with Crippen molar-refractivity contribution >= 4 is 28.9 Å². The Morgan fingerprint density at radius 2 is 1.85 bits per heavy atom. The van der Waals surface area contributed by atoms with Gasteiger partial charge in [-0.2, -0.15) is 0 Å². The van der Waals surface area contributed by atoms with Crippen LogP contribution in [0.4, 0.5) is 10.1 Å². The molecule has 0 bridgehead atoms. The van der Waals surface area contributed by atoms with Gasteiger partial charge in [-0.25, -0.2) is 4.39 Å². The van der Waals surface area contributed by atoms with Crippen LogP contribution in [0.1, 0.15) is 24.1 Å². The fourth-order valence-electron chi connectivity index (χ4n) is 1.94. The lowest BCUT2D eigenvalue weighted by atomic mass is 10.1. The Hall–Kier alpha value is -1.45. The van der Waals surface area contributed by atoms with Crippen molar-refractivity contribution in [1.82, 2.24) is 0 Å². The maximum absolute atomic E-state index is 13.8. The third kappa shape index (κ3) is 3.17. The molecule has 2 nitrogen and oxygen atoms in total. The molecule has 0 fully saturated rings. The number of halogens is 3. The number of anilines is 1. The summed E-state index contributed by atoms with van der Waals surface area (Å²) >= 11 is 12.2. The fourth-order valence-corrected chi connectivity index (χ4v) is 2.37. The SMILES string of the molecule is Cc1cc(Cl)c(NC(C)c2ccc(O)cc2F)cc1Cl. The predicted molar refractivity (Wildman–Crippen MR) is 81.3 cm³/mol. The van der Waals surface area contributed by atoms with Crippen molar-refractivity contribution in [2.45, 2.75) is 19.9 Å². The van der Waals surface area contributed by atoms with Crippen LogP contribution in [0.2, 0.25) is 10.0 Å². The summed E-state index contributed by atoms with van der Waals surface area (Å²) in [5.74, 6) is -0.575. The van der Waals surface area contributed by atoms with Gasteiger partial charge in [-0.05, 0) is 37.6 Å². The van der Waals surface area contributed by atoms with Gasteiger partial charge in [-0.3, -0.25) is 0 Å². The van der Waals surface area contributed by atoms with E-state index in [4.69, 9.17) is 23.2 Å². The first-order valence-corrected chi connectivity index (χ1v) is 6.84. The van der Waals surface area contributed by atoms with Gasteiger partial charge < -0.3 is 10.4 Å². The molecule has 2 aromatic carbocycles. The highest BCUT2D eigenvalue weighted by Gasteiger charge is 2.13. The van der Waals surface area contributed by atoms with Crippen LogP contribution in [0.5, 0.6) is 5.75 Å². The Morgan fingerprint density at radius 3 is 2.50 bits per heavy atom. The smallest absolute Gasteiger partial charge is 0.132 e. The summed E-state index contributed by atoms with van der Waals surface area (Å²) in [5, 5.41) is 13.5. The van der Waals surface area contributed by atoms with Crippen LogP contribution in [0.3, 0.4) is 0 Å². The topological polar surface area (TPSA) is 32.3 Å². The standard InChI is InChI=1S/C15H14Cl2FNO/c1-8-5-13(17)15(7-12(8)16)19-9(2)11-4-3-10(20)6-14(11)18/h3-7,9,19-20H,1-2H3. The molecular formula is C15H14Cl2FNO. The normalized spacial score (nSPS) is 12.2. The van der Waals surface area contributed by atoms with Crippen LogP contribution in [0.15, 0.2) is 30.3 Å². The molecule has 0 saturated heterocycles. The molecule has 0 amide bonds. The molecule has 2 aromatic rings. The number of hydrogen-bond donors (Lipinski definition) is 2. The van der Waals surface area contributed by atoms with E-state index in [9.17, 15) is 9.50 Å². The number of aryl methyl sites for hydroxylation is 1. The molecular weight excluding hydrogens is 300 g/mol. The van der Waals surface area contributed by atoms with E-state index >= 15 is 0 Å². The zero-order chi connectivity index (χ0) is 14.9. The van der Waals surface area contributed by atoms with Crippen molar-refractivity contribution in [2.75, 3.05) is 5.32 Å². The minimum absolute atomic E-state index is 0.102. The summed E-state index contributed by atoms with van der Waals surface area (Å²) in [6.07, 6.45) is 0. The second kappa shape index (κ2) is 5.90. The summed E-state index contributed by atoms with van der Waals surface area (Å²) < 4.78 is 13.8. The van der Waals surface area contributed by atoms with Crippen molar-refractivity contribution in [2.24, 2.45) is 0 Å². The highest BCUT2D eigenvalue weighted by atomic mass is 35.5. The molecule has 0 spiro atoms. The van der Waals surface area contributed by atoms with Crippen molar-refractivity contribution in [3.63, 3.8) is 0 Å². The highest BCUT2D eigenvalue weighted by Crippen LogP contribution is 2.32. The third-order valence-corrected chi connectivity index (χ3v) is 3.79. The van der Waals surface area contributed by atoms with Crippen molar-refractivity contribution in [3.05, 3.63) is 57.3 Å². The second-order valence-corrected chi connectivity index (χ2v) is 5.47. The van der Waals surface area contributed by atoms with Gasteiger partial charge in [0.1, 0.15) is 11.6 Å². The Morgan fingerprint density at radius 1 is 1.15 bits per heavy atom. The van der Waals surface area contributed by atoms with E-state index in [2.05, 4.69) is 5.32 Å². The van der Waals surface area contributed by atoms with E-state index in [1.807, 2.05) is 6.92 Å². The molecule has 5 heteroatoms. The molecule has 1 atom stereocenters. The van der Waals surface area contributed by atoms with E-state index < -0.39 is 5.82 Å².